The lowest BCUT2D eigenvalue weighted by Crippen LogP contribution is -2.39. The Kier molecular flexibility index (Phi) is 3.96. The van der Waals surface area contributed by atoms with E-state index in [4.69, 9.17) is 33.9 Å². The van der Waals surface area contributed by atoms with Crippen molar-refractivity contribution >= 4 is 67.7 Å². The predicted octanol–water partition coefficient (Wildman–Crippen LogP) is 5.14. The van der Waals surface area contributed by atoms with E-state index < -0.39 is 0 Å². The van der Waals surface area contributed by atoms with E-state index in [9.17, 15) is 4.79 Å². The molecule has 0 atom stereocenters. The second-order valence-electron chi connectivity index (χ2n) is 6.93. The number of amides is 1. The number of piperidine rings is 1. The number of nitrogens with two attached hydrogens (primary N) is 1. The minimum atomic E-state index is -0.291. The van der Waals surface area contributed by atoms with Crippen molar-refractivity contribution in [2.45, 2.75) is 18.8 Å². The highest BCUT2D eigenvalue weighted by Crippen LogP contribution is 2.45. The topological polar surface area (TPSA) is 71.2 Å². The first-order chi connectivity index (χ1) is 13.0. The summed E-state index contributed by atoms with van der Waals surface area (Å²) in [6, 6.07) is 7.04. The molecule has 0 spiro atoms. The van der Waals surface area contributed by atoms with Crippen LogP contribution in [0.5, 0.6) is 0 Å². The van der Waals surface area contributed by atoms with Gasteiger partial charge in [-0.2, -0.15) is 0 Å². The van der Waals surface area contributed by atoms with Crippen LogP contribution in [-0.4, -0.2) is 24.0 Å². The van der Waals surface area contributed by atoms with Gasteiger partial charge in [0, 0.05) is 29.4 Å². The number of carbonyl (C=O) groups is 1. The third kappa shape index (κ3) is 2.74. The molecule has 138 valence electrons. The maximum atomic E-state index is 12.8. The molecule has 3 aromatic rings. The third-order valence-corrected chi connectivity index (χ3v) is 7.00. The fourth-order valence-corrected chi connectivity index (χ4v) is 5.37. The summed E-state index contributed by atoms with van der Waals surface area (Å²) >= 11 is 13.4. The van der Waals surface area contributed by atoms with Crippen LogP contribution in [0.25, 0.3) is 10.2 Å². The number of carbonyl (C=O) groups excluding carboxylic acids is 1. The van der Waals surface area contributed by atoms with Crippen LogP contribution in [0.4, 0.5) is 17.1 Å². The van der Waals surface area contributed by atoms with Gasteiger partial charge in [0.25, 0.3) is 5.91 Å². The van der Waals surface area contributed by atoms with Crippen molar-refractivity contribution in [2.75, 3.05) is 29.0 Å². The monoisotopic (exact) mass is 418 g/mol. The fraction of sp³-hybridized carbons (Fsp3) is 0.263. The quantitative estimate of drug-likeness (QED) is 0.604. The lowest BCUT2D eigenvalue weighted by atomic mass is 9.86. The van der Waals surface area contributed by atoms with Crippen molar-refractivity contribution in [1.82, 2.24) is 4.98 Å². The smallest absolute Gasteiger partial charge is 0.267 e. The Bertz CT molecular complexity index is 1090. The number of pyridine rings is 1. The normalized spacial score (nSPS) is 16.0. The van der Waals surface area contributed by atoms with Crippen LogP contribution in [0.3, 0.4) is 0 Å². The molecule has 2 bridgehead atoms. The maximum Gasteiger partial charge on any atom is 0.267 e. The standard InChI is InChI=1S/C19H16Cl2N4OS/c20-10-1-2-13(12(21)7-10)23-18(26)17-15(22)11-8-14-16(24-19(11)27-17)9-3-5-25(14)6-4-9/h1-2,7-9H,3-6,22H2,(H,23,26). The number of halogens is 2. The number of benzene rings is 1. The molecular weight excluding hydrogens is 403 g/mol. The van der Waals surface area contributed by atoms with Gasteiger partial charge in [-0.1, -0.05) is 23.2 Å². The molecule has 3 N–H and O–H groups in total. The van der Waals surface area contributed by atoms with Crippen LogP contribution in [0.15, 0.2) is 24.3 Å². The molecule has 5 heterocycles. The number of hydrogen-bond acceptors (Lipinski definition) is 5. The lowest BCUT2D eigenvalue weighted by molar-refractivity contribution is 0.103. The zero-order valence-corrected chi connectivity index (χ0v) is 16.6. The van der Waals surface area contributed by atoms with Gasteiger partial charge in [-0.15, -0.1) is 11.3 Å². The number of thiophene rings is 1. The second-order valence-corrected chi connectivity index (χ2v) is 8.77. The molecule has 1 amide bonds. The van der Waals surface area contributed by atoms with Gasteiger partial charge in [-0.05, 0) is 37.1 Å². The first-order valence-electron chi connectivity index (χ1n) is 8.75. The van der Waals surface area contributed by atoms with E-state index in [-0.39, 0.29) is 5.91 Å². The minimum Gasteiger partial charge on any atom is -0.397 e. The van der Waals surface area contributed by atoms with Crippen LogP contribution in [0, 0.1) is 0 Å². The first-order valence-corrected chi connectivity index (χ1v) is 10.3. The number of anilines is 3. The van der Waals surface area contributed by atoms with E-state index >= 15 is 0 Å². The molecule has 0 aliphatic carbocycles. The van der Waals surface area contributed by atoms with Crippen LogP contribution in [0.2, 0.25) is 10.0 Å². The second kappa shape index (κ2) is 6.26. The van der Waals surface area contributed by atoms with Crippen molar-refractivity contribution in [1.29, 1.82) is 0 Å². The van der Waals surface area contributed by atoms with E-state index in [0.717, 1.165) is 41.8 Å². The number of hydrogen-bond donors (Lipinski definition) is 2. The summed E-state index contributed by atoms with van der Waals surface area (Å²) in [6.45, 7) is 2.13. The summed E-state index contributed by atoms with van der Waals surface area (Å²) in [5.41, 5.74) is 9.61. The van der Waals surface area contributed by atoms with E-state index in [1.165, 1.54) is 17.0 Å². The molecule has 3 aliphatic heterocycles. The number of nitrogens with zero attached hydrogens (tertiary/aromatic N) is 2. The van der Waals surface area contributed by atoms with Gasteiger partial charge < -0.3 is 16.0 Å². The Morgan fingerprint density at radius 2 is 2.04 bits per heavy atom. The molecule has 1 saturated heterocycles. The summed E-state index contributed by atoms with van der Waals surface area (Å²) in [5, 5.41) is 4.56. The van der Waals surface area contributed by atoms with Crippen LogP contribution < -0.4 is 16.0 Å². The van der Waals surface area contributed by atoms with Gasteiger partial charge in [0.05, 0.1) is 27.8 Å². The van der Waals surface area contributed by atoms with Gasteiger partial charge in [-0.3, -0.25) is 4.79 Å². The average molecular weight is 419 g/mol. The van der Waals surface area contributed by atoms with Crippen molar-refractivity contribution in [3.05, 3.63) is 44.9 Å². The zero-order valence-electron chi connectivity index (χ0n) is 14.3. The Hall–Kier alpha value is -2.02. The summed E-state index contributed by atoms with van der Waals surface area (Å²) in [5.74, 6) is 0.226. The molecule has 0 saturated carbocycles. The van der Waals surface area contributed by atoms with Crippen molar-refractivity contribution in [2.24, 2.45) is 0 Å². The van der Waals surface area contributed by atoms with Crippen molar-refractivity contribution in [3.8, 4) is 0 Å². The highest BCUT2D eigenvalue weighted by molar-refractivity contribution is 7.21. The Morgan fingerprint density at radius 3 is 2.78 bits per heavy atom. The Balaban J connectivity index is 1.54. The largest absolute Gasteiger partial charge is 0.397 e. The van der Waals surface area contributed by atoms with E-state index in [2.05, 4.69) is 16.3 Å². The predicted molar refractivity (Wildman–Crippen MR) is 113 cm³/mol. The van der Waals surface area contributed by atoms with Gasteiger partial charge in [0.1, 0.15) is 9.71 Å². The lowest BCUT2D eigenvalue weighted by Gasteiger charge is -2.41. The molecule has 8 heteroatoms. The summed E-state index contributed by atoms with van der Waals surface area (Å²) in [4.78, 5) is 21.3. The van der Waals surface area contributed by atoms with Gasteiger partial charge >= 0.3 is 0 Å². The van der Waals surface area contributed by atoms with Crippen LogP contribution >= 0.6 is 34.5 Å². The maximum absolute atomic E-state index is 12.8. The van der Waals surface area contributed by atoms with Crippen molar-refractivity contribution in [3.63, 3.8) is 0 Å². The van der Waals surface area contributed by atoms with Gasteiger partial charge in [0.15, 0.2) is 0 Å². The molecule has 1 aromatic carbocycles. The number of aromatic nitrogens is 1. The molecule has 1 fully saturated rings. The molecule has 0 unspecified atom stereocenters. The molecule has 5 nitrogen and oxygen atoms in total. The summed E-state index contributed by atoms with van der Waals surface area (Å²) in [7, 11) is 0. The first kappa shape index (κ1) is 17.1. The number of nitrogens with one attached hydrogen (secondary N) is 1. The summed E-state index contributed by atoms with van der Waals surface area (Å²) in [6.07, 6.45) is 2.30. The van der Waals surface area contributed by atoms with E-state index in [1.54, 1.807) is 18.2 Å². The molecular formula is C19H16Cl2N4OS. The van der Waals surface area contributed by atoms with Crippen LogP contribution in [0.1, 0.15) is 34.1 Å². The molecule has 2 aromatic heterocycles. The highest BCUT2D eigenvalue weighted by Gasteiger charge is 2.33. The SMILES string of the molecule is Nc1c(C(=O)Nc2ccc(Cl)cc2Cl)sc2nc3c(cc12)N1CCC3CC1. The molecule has 27 heavy (non-hydrogen) atoms. The molecule has 6 rings (SSSR count). The highest BCUT2D eigenvalue weighted by atomic mass is 35.5. The Morgan fingerprint density at radius 1 is 1.26 bits per heavy atom. The number of fused-ring (bicyclic) bond motifs is 3. The third-order valence-electron chi connectivity index (χ3n) is 5.34. The Labute approximate surface area is 170 Å². The van der Waals surface area contributed by atoms with E-state index in [0.29, 0.717) is 32.2 Å². The minimum absolute atomic E-state index is 0.291. The number of rotatable bonds is 2. The fourth-order valence-electron chi connectivity index (χ4n) is 3.93. The number of nitrogen functional groups attached to an aromatic ring is 1. The average Bonchev–Trinajstić information content (AvgIpc) is 3.00. The van der Waals surface area contributed by atoms with Gasteiger partial charge in [0.2, 0.25) is 0 Å². The molecule has 0 radical (unpaired) electrons. The zero-order chi connectivity index (χ0) is 18.7. The van der Waals surface area contributed by atoms with E-state index in [1.807, 2.05) is 0 Å². The summed E-state index contributed by atoms with van der Waals surface area (Å²) < 4.78 is 0. The van der Waals surface area contributed by atoms with Gasteiger partial charge in [-0.25, -0.2) is 4.98 Å². The van der Waals surface area contributed by atoms with Crippen LogP contribution in [-0.2, 0) is 0 Å². The molecule has 3 aliphatic rings. The van der Waals surface area contributed by atoms with Crippen molar-refractivity contribution < 1.29 is 4.79 Å².